The van der Waals surface area contributed by atoms with Crippen LogP contribution in [0.4, 0.5) is 0 Å². The molecule has 1 aromatic heterocycles. The fraction of sp³-hybridized carbons (Fsp3) is 0.500. The van der Waals surface area contributed by atoms with E-state index < -0.39 is 0 Å². The molecule has 3 rings (SSSR count). The van der Waals surface area contributed by atoms with Gasteiger partial charge in [0.1, 0.15) is 0 Å². The van der Waals surface area contributed by atoms with Gasteiger partial charge >= 0.3 is 5.69 Å². The molecule has 1 aliphatic rings. The van der Waals surface area contributed by atoms with Gasteiger partial charge < -0.3 is 4.90 Å². The molecule has 0 radical (unpaired) electrons. The smallest absolute Gasteiger partial charge is 0.301 e. The maximum atomic E-state index is 12.2. The van der Waals surface area contributed by atoms with Gasteiger partial charge in [-0.25, -0.2) is 9.48 Å². The van der Waals surface area contributed by atoms with Crippen molar-refractivity contribution in [1.82, 2.24) is 19.7 Å². The highest BCUT2D eigenvalue weighted by molar-refractivity contribution is 5.53. The predicted molar refractivity (Wildman–Crippen MR) is 83.3 cm³/mol. The molecule has 0 saturated carbocycles. The number of benzene rings is 1. The lowest BCUT2D eigenvalue weighted by molar-refractivity contribution is 0.145. The van der Waals surface area contributed by atoms with Crippen LogP contribution in [0.2, 0.25) is 0 Å². The lowest BCUT2D eigenvalue weighted by Gasteiger charge is -2.34. The van der Waals surface area contributed by atoms with E-state index in [1.54, 1.807) is 4.68 Å². The van der Waals surface area contributed by atoms with E-state index in [-0.39, 0.29) is 11.7 Å². The second kappa shape index (κ2) is 5.85. The molecule has 1 aromatic carbocycles. The Morgan fingerprint density at radius 2 is 1.86 bits per heavy atom. The molecule has 0 spiro atoms. The number of nitrogens with one attached hydrogen (secondary N) is 1. The molecule has 0 bridgehead atoms. The van der Waals surface area contributed by atoms with Crippen LogP contribution in [0.3, 0.4) is 0 Å². The monoisotopic (exact) mass is 286 g/mol. The first-order valence-corrected chi connectivity index (χ1v) is 7.63. The van der Waals surface area contributed by atoms with E-state index in [1.807, 2.05) is 30.3 Å². The van der Waals surface area contributed by atoms with E-state index in [0.29, 0.717) is 11.9 Å². The third kappa shape index (κ3) is 2.93. The number of nitrogens with zero attached hydrogens (tertiary/aromatic N) is 3. The van der Waals surface area contributed by atoms with Crippen LogP contribution in [0.15, 0.2) is 35.1 Å². The van der Waals surface area contributed by atoms with E-state index in [4.69, 9.17) is 0 Å². The molecule has 1 N–H and O–H groups in total. The average Bonchev–Trinajstić information content (AvgIpc) is 2.90. The molecular weight excluding hydrogens is 264 g/mol. The van der Waals surface area contributed by atoms with Crippen molar-refractivity contribution in [3.8, 4) is 11.4 Å². The Hall–Kier alpha value is -1.88. The summed E-state index contributed by atoms with van der Waals surface area (Å²) in [5, 5.41) is 4.50. The standard InChI is InChI=1S/C16H22N4O/c1-12(2)19-10-8-14(9-11-19)20-16(21)17-15(18-20)13-6-4-3-5-7-13/h3-7,12,14H,8-11H2,1-2H3,(H,17,18,21). The van der Waals surface area contributed by atoms with Gasteiger partial charge in [-0.2, -0.15) is 0 Å². The van der Waals surface area contributed by atoms with Crippen LogP contribution in [0, 0.1) is 0 Å². The number of piperidine rings is 1. The summed E-state index contributed by atoms with van der Waals surface area (Å²) < 4.78 is 1.64. The van der Waals surface area contributed by atoms with Crippen molar-refractivity contribution in [2.75, 3.05) is 13.1 Å². The van der Waals surface area contributed by atoms with Gasteiger partial charge in [-0.3, -0.25) is 4.98 Å². The number of likely N-dealkylation sites (tertiary alicyclic amines) is 1. The average molecular weight is 286 g/mol. The first kappa shape index (κ1) is 14.1. The van der Waals surface area contributed by atoms with Gasteiger partial charge in [0.15, 0.2) is 5.82 Å². The van der Waals surface area contributed by atoms with Gasteiger partial charge in [0.25, 0.3) is 0 Å². The summed E-state index contributed by atoms with van der Waals surface area (Å²) in [5.41, 5.74) is 0.852. The normalized spacial score (nSPS) is 17.5. The van der Waals surface area contributed by atoms with Crippen molar-refractivity contribution in [3.05, 3.63) is 40.8 Å². The highest BCUT2D eigenvalue weighted by Gasteiger charge is 2.24. The zero-order valence-electron chi connectivity index (χ0n) is 12.6. The van der Waals surface area contributed by atoms with Crippen molar-refractivity contribution >= 4 is 0 Å². The van der Waals surface area contributed by atoms with Gasteiger partial charge in [0, 0.05) is 24.7 Å². The number of aromatic nitrogens is 3. The number of aromatic amines is 1. The highest BCUT2D eigenvalue weighted by atomic mass is 16.2. The van der Waals surface area contributed by atoms with Crippen LogP contribution in [-0.2, 0) is 0 Å². The van der Waals surface area contributed by atoms with Crippen LogP contribution in [0.5, 0.6) is 0 Å². The van der Waals surface area contributed by atoms with Crippen LogP contribution in [0.1, 0.15) is 32.7 Å². The molecule has 1 saturated heterocycles. The quantitative estimate of drug-likeness (QED) is 0.942. The van der Waals surface area contributed by atoms with E-state index >= 15 is 0 Å². The van der Waals surface area contributed by atoms with Crippen LogP contribution >= 0.6 is 0 Å². The molecule has 112 valence electrons. The molecule has 0 atom stereocenters. The lowest BCUT2D eigenvalue weighted by atomic mass is 10.0. The van der Waals surface area contributed by atoms with Crippen LogP contribution in [-0.4, -0.2) is 38.8 Å². The van der Waals surface area contributed by atoms with E-state index in [1.165, 1.54) is 0 Å². The Bertz CT molecular complexity index is 636. The second-order valence-electron chi connectivity index (χ2n) is 5.95. The zero-order chi connectivity index (χ0) is 14.8. The Morgan fingerprint density at radius 3 is 2.48 bits per heavy atom. The summed E-state index contributed by atoms with van der Waals surface area (Å²) in [5.74, 6) is 0.659. The Balaban J connectivity index is 1.78. The third-order valence-corrected chi connectivity index (χ3v) is 4.26. The number of hydrogen-bond acceptors (Lipinski definition) is 3. The summed E-state index contributed by atoms with van der Waals surface area (Å²) in [7, 11) is 0. The van der Waals surface area contributed by atoms with Crippen molar-refractivity contribution < 1.29 is 0 Å². The Labute approximate surface area is 124 Å². The predicted octanol–water partition coefficient (Wildman–Crippen LogP) is 2.28. The van der Waals surface area contributed by atoms with Gasteiger partial charge in [0.05, 0.1) is 6.04 Å². The minimum atomic E-state index is -0.100. The summed E-state index contributed by atoms with van der Waals surface area (Å²) in [4.78, 5) is 17.5. The largest absolute Gasteiger partial charge is 0.343 e. The van der Waals surface area contributed by atoms with Gasteiger partial charge in [0.2, 0.25) is 0 Å². The maximum absolute atomic E-state index is 12.2. The van der Waals surface area contributed by atoms with E-state index in [0.717, 1.165) is 31.5 Å². The molecule has 1 aliphatic heterocycles. The van der Waals surface area contributed by atoms with Crippen LogP contribution < -0.4 is 5.69 Å². The van der Waals surface area contributed by atoms with Crippen molar-refractivity contribution in [1.29, 1.82) is 0 Å². The van der Waals surface area contributed by atoms with Gasteiger partial charge in [-0.05, 0) is 26.7 Å². The highest BCUT2D eigenvalue weighted by Crippen LogP contribution is 2.22. The summed E-state index contributed by atoms with van der Waals surface area (Å²) in [6.45, 7) is 6.49. The maximum Gasteiger partial charge on any atom is 0.343 e. The molecule has 0 aliphatic carbocycles. The Morgan fingerprint density at radius 1 is 1.19 bits per heavy atom. The van der Waals surface area contributed by atoms with Crippen molar-refractivity contribution in [3.63, 3.8) is 0 Å². The van der Waals surface area contributed by atoms with Crippen molar-refractivity contribution in [2.45, 2.75) is 38.8 Å². The third-order valence-electron chi connectivity index (χ3n) is 4.26. The van der Waals surface area contributed by atoms with Crippen LogP contribution in [0.25, 0.3) is 11.4 Å². The summed E-state index contributed by atoms with van der Waals surface area (Å²) >= 11 is 0. The SMILES string of the molecule is CC(C)N1CCC(n2nc(-c3ccccc3)[nH]c2=O)CC1. The number of hydrogen-bond donors (Lipinski definition) is 1. The molecule has 5 heteroatoms. The number of H-pyrrole nitrogens is 1. The van der Waals surface area contributed by atoms with E-state index in [9.17, 15) is 4.79 Å². The molecule has 1 fully saturated rings. The van der Waals surface area contributed by atoms with Gasteiger partial charge in [-0.1, -0.05) is 30.3 Å². The molecule has 2 heterocycles. The van der Waals surface area contributed by atoms with Gasteiger partial charge in [-0.15, -0.1) is 5.10 Å². The lowest BCUT2D eigenvalue weighted by Crippen LogP contribution is -2.40. The molecular formula is C16H22N4O. The summed E-state index contributed by atoms with van der Waals surface area (Å²) in [6, 6.07) is 10.6. The molecule has 2 aromatic rings. The minimum Gasteiger partial charge on any atom is -0.301 e. The summed E-state index contributed by atoms with van der Waals surface area (Å²) in [6.07, 6.45) is 1.97. The van der Waals surface area contributed by atoms with E-state index in [2.05, 4.69) is 28.8 Å². The fourth-order valence-corrected chi connectivity index (χ4v) is 2.96. The molecule has 21 heavy (non-hydrogen) atoms. The Kier molecular flexibility index (Phi) is 3.92. The first-order valence-electron chi connectivity index (χ1n) is 7.63. The topological polar surface area (TPSA) is 53.9 Å². The molecule has 5 nitrogen and oxygen atoms in total. The van der Waals surface area contributed by atoms with Crippen molar-refractivity contribution in [2.24, 2.45) is 0 Å². The number of rotatable bonds is 3. The molecule has 0 unspecified atom stereocenters. The fourth-order valence-electron chi connectivity index (χ4n) is 2.96. The molecule has 0 amide bonds. The zero-order valence-corrected chi connectivity index (χ0v) is 12.6. The second-order valence-corrected chi connectivity index (χ2v) is 5.95. The first-order chi connectivity index (χ1) is 10.1. The minimum absolute atomic E-state index is 0.100.